The van der Waals surface area contributed by atoms with Crippen molar-refractivity contribution < 1.29 is 9.13 Å². The first kappa shape index (κ1) is 19.2. The number of likely N-dealkylation sites (tertiary alicyclic amines) is 1. The highest BCUT2D eigenvalue weighted by molar-refractivity contribution is 6.31. The van der Waals surface area contributed by atoms with E-state index in [-0.39, 0.29) is 12.4 Å². The first-order valence-electron chi connectivity index (χ1n) is 9.27. The second kappa shape index (κ2) is 9.36. The summed E-state index contributed by atoms with van der Waals surface area (Å²) in [5, 5.41) is 3.94. The summed E-state index contributed by atoms with van der Waals surface area (Å²) in [4.78, 5) is 2.52. The number of nitrogens with one attached hydrogen (secondary N) is 1. The van der Waals surface area contributed by atoms with Crippen LogP contribution in [-0.4, -0.2) is 30.6 Å². The molecule has 0 amide bonds. The molecule has 26 heavy (non-hydrogen) atoms. The summed E-state index contributed by atoms with van der Waals surface area (Å²) in [6, 6.07) is 13.2. The van der Waals surface area contributed by atoms with Crippen molar-refractivity contribution in [2.45, 2.75) is 39.0 Å². The maximum absolute atomic E-state index is 13.9. The van der Waals surface area contributed by atoms with Gasteiger partial charge < -0.3 is 10.1 Å². The summed E-state index contributed by atoms with van der Waals surface area (Å²) in [5.41, 5.74) is 1.46. The predicted octanol–water partition coefficient (Wildman–Crippen LogP) is 4.63. The molecule has 0 spiro atoms. The minimum absolute atomic E-state index is 0.120. The lowest BCUT2D eigenvalue weighted by Crippen LogP contribution is -2.37. The maximum atomic E-state index is 13.9. The van der Waals surface area contributed by atoms with Crippen LogP contribution in [-0.2, 0) is 13.2 Å². The van der Waals surface area contributed by atoms with Gasteiger partial charge in [-0.1, -0.05) is 42.8 Å². The molecule has 1 N–H and O–H groups in total. The normalized spacial score (nSPS) is 17.6. The zero-order valence-corrected chi connectivity index (χ0v) is 15.9. The van der Waals surface area contributed by atoms with Crippen LogP contribution in [0, 0.1) is 5.82 Å². The van der Waals surface area contributed by atoms with Gasteiger partial charge in [0.2, 0.25) is 0 Å². The molecule has 1 saturated heterocycles. The van der Waals surface area contributed by atoms with Gasteiger partial charge in [-0.15, -0.1) is 0 Å². The van der Waals surface area contributed by atoms with Crippen LogP contribution in [0.1, 0.15) is 30.9 Å². The van der Waals surface area contributed by atoms with Gasteiger partial charge in [0, 0.05) is 30.3 Å². The summed E-state index contributed by atoms with van der Waals surface area (Å²) in [7, 11) is 0. The topological polar surface area (TPSA) is 24.5 Å². The molecule has 0 aliphatic carbocycles. The minimum atomic E-state index is -0.339. The van der Waals surface area contributed by atoms with Crippen molar-refractivity contribution in [1.29, 1.82) is 0 Å². The lowest BCUT2D eigenvalue weighted by atomic mass is 10.1. The van der Waals surface area contributed by atoms with E-state index >= 15 is 0 Å². The number of para-hydroxylation sites is 1. The van der Waals surface area contributed by atoms with Crippen LogP contribution in [0.15, 0.2) is 42.5 Å². The predicted molar refractivity (Wildman–Crippen MR) is 104 cm³/mol. The number of benzene rings is 2. The van der Waals surface area contributed by atoms with Crippen LogP contribution < -0.4 is 10.1 Å². The Morgan fingerprint density at radius 2 is 2.08 bits per heavy atom. The number of hydrogen-bond acceptors (Lipinski definition) is 3. The highest BCUT2D eigenvalue weighted by atomic mass is 35.5. The van der Waals surface area contributed by atoms with Crippen molar-refractivity contribution in [3.05, 3.63) is 64.4 Å². The smallest absolute Gasteiger partial charge is 0.131 e. The molecule has 3 nitrogen and oxygen atoms in total. The molecular formula is C21H26ClFN2O. The van der Waals surface area contributed by atoms with Gasteiger partial charge >= 0.3 is 0 Å². The third-order valence-electron chi connectivity index (χ3n) is 5.01. The molecule has 1 aliphatic heterocycles. The second-order valence-corrected chi connectivity index (χ2v) is 7.06. The third kappa shape index (κ3) is 4.76. The monoisotopic (exact) mass is 376 g/mol. The van der Waals surface area contributed by atoms with Gasteiger partial charge in [-0.25, -0.2) is 4.39 Å². The Morgan fingerprint density at radius 3 is 2.88 bits per heavy atom. The van der Waals surface area contributed by atoms with Gasteiger partial charge in [0.25, 0.3) is 0 Å². The van der Waals surface area contributed by atoms with E-state index in [1.54, 1.807) is 12.1 Å². The number of rotatable bonds is 8. The van der Waals surface area contributed by atoms with Gasteiger partial charge in [0.05, 0.1) is 5.02 Å². The van der Waals surface area contributed by atoms with Crippen LogP contribution in [0.3, 0.4) is 0 Å². The van der Waals surface area contributed by atoms with Crippen molar-refractivity contribution in [1.82, 2.24) is 10.2 Å². The molecule has 3 rings (SSSR count). The Morgan fingerprint density at radius 1 is 1.23 bits per heavy atom. The molecule has 140 valence electrons. The Bertz CT molecular complexity index is 705. The first-order valence-corrected chi connectivity index (χ1v) is 9.65. The standard InChI is InChI=1S/C21H26ClFN2O/c1-2-25-12-6-8-17(25)14-24-13-16-7-3-4-11-21(16)26-15-18-19(22)9-5-10-20(18)23/h3-5,7,9-11,17,24H,2,6,8,12-15H2,1H3/t17-/m0/s1. The van der Waals surface area contributed by atoms with E-state index in [2.05, 4.69) is 17.1 Å². The van der Waals surface area contributed by atoms with E-state index in [0.717, 1.165) is 30.9 Å². The molecule has 0 saturated carbocycles. The Labute approximate surface area is 160 Å². The highest BCUT2D eigenvalue weighted by Gasteiger charge is 2.22. The molecule has 0 bridgehead atoms. The number of hydrogen-bond donors (Lipinski definition) is 1. The van der Waals surface area contributed by atoms with Crippen LogP contribution in [0.25, 0.3) is 0 Å². The molecule has 0 aromatic heterocycles. The highest BCUT2D eigenvalue weighted by Crippen LogP contribution is 2.24. The van der Waals surface area contributed by atoms with Gasteiger partial charge in [-0.2, -0.15) is 0 Å². The summed E-state index contributed by atoms with van der Waals surface area (Å²) in [6.45, 7) is 6.35. The van der Waals surface area contributed by atoms with Crippen LogP contribution in [0.4, 0.5) is 4.39 Å². The third-order valence-corrected chi connectivity index (χ3v) is 5.36. The van der Waals surface area contributed by atoms with E-state index in [1.807, 2.05) is 24.3 Å². The second-order valence-electron chi connectivity index (χ2n) is 6.65. The first-order chi connectivity index (χ1) is 12.7. The van der Waals surface area contributed by atoms with E-state index < -0.39 is 0 Å². The van der Waals surface area contributed by atoms with Crippen LogP contribution in [0.2, 0.25) is 5.02 Å². The fourth-order valence-corrected chi connectivity index (χ4v) is 3.74. The minimum Gasteiger partial charge on any atom is -0.488 e. The fourth-order valence-electron chi connectivity index (χ4n) is 3.53. The average Bonchev–Trinajstić information content (AvgIpc) is 3.10. The van der Waals surface area contributed by atoms with E-state index in [4.69, 9.17) is 16.3 Å². The lowest BCUT2D eigenvalue weighted by molar-refractivity contribution is 0.258. The molecule has 0 radical (unpaired) electrons. The Balaban J connectivity index is 1.58. The van der Waals surface area contributed by atoms with Crippen molar-refractivity contribution in [3.8, 4) is 5.75 Å². The quantitative estimate of drug-likeness (QED) is 0.726. The van der Waals surface area contributed by atoms with Crippen molar-refractivity contribution >= 4 is 11.6 Å². The van der Waals surface area contributed by atoms with E-state index in [0.29, 0.717) is 16.6 Å². The van der Waals surface area contributed by atoms with Gasteiger partial charge in [0.1, 0.15) is 18.2 Å². The molecule has 5 heteroatoms. The summed E-state index contributed by atoms with van der Waals surface area (Å²) in [6.07, 6.45) is 2.54. The molecule has 1 aliphatic rings. The van der Waals surface area contributed by atoms with E-state index in [9.17, 15) is 4.39 Å². The largest absolute Gasteiger partial charge is 0.488 e. The molecule has 2 aromatic rings. The van der Waals surface area contributed by atoms with Crippen LogP contribution >= 0.6 is 11.6 Å². The fraction of sp³-hybridized carbons (Fsp3) is 0.429. The molecule has 2 aromatic carbocycles. The molecule has 1 fully saturated rings. The van der Waals surface area contributed by atoms with Gasteiger partial charge in [-0.05, 0) is 44.1 Å². The SMILES string of the molecule is CCN1CCC[C@H]1CNCc1ccccc1OCc1c(F)cccc1Cl. The van der Waals surface area contributed by atoms with Gasteiger partial charge in [0.15, 0.2) is 0 Å². The number of halogens is 2. The average molecular weight is 377 g/mol. The summed E-state index contributed by atoms with van der Waals surface area (Å²) < 4.78 is 19.8. The molecule has 1 atom stereocenters. The lowest BCUT2D eigenvalue weighted by Gasteiger charge is -2.23. The van der Waals surface area contributed by atoms with Crippen LogP contribution in [0.5, 0.6) is 5.75 Å². The van der Waals surface area contributed by atoms with Crippen molar-refractivity contribution in [3.63, 3.8) is 0 Å². The summed E-state index contributed by atoms with van der Waals surface area (Å²) in [5.74, 6) is 0.423. The van der Waals surface area contributed by atoms with Crippen molar-refractivity contribution in [2.24, 2.45) is 0 Å². The maximum Gasteiger partial charge on any atom is 0.131 e. The number of nitrogens with zero attached hydrogens (tertiary/aromatic N) is 1. The van der Waals surface area contributed by atoms with E-state index in [1.165, 1.54) is 25.5 Å². The zero-order chi connectivity index (χ0) is 18.4. The zero-order valence-electron chi connectivity index (χ0n) is 15.2. The number of likely N-dealkylation sites (N-methyl/N-ethyl adjacent to an activating group) is 1. The Hall–Kier alpha value is -1.62. The van der Waals surface area contributed by atoms with Gasteiger partial charge in [-0.3, -0.25) is 4.90 Å². The number of ether oxygens (including phenoxy) is 1. The molecule has 0 unspecified atom stereocenters. The van der Waals surface area contributed by atoms with Crippen molar-refractivity contribution in [2.75, 3.05) is 19.6 Å². The Kier molecular flexibility index (Phi) is 6.89. The summed E-state index contributed by atoms with van der Waals surface area (Å²) >= 11 is 6.08. The molecular weight excluding hydrogens is 351 g/mol. The molecule has 1 heterocycles.